The standard InChI is InChI=1S/C20H30N6O/c1-2-7-19(20-21-22-23-26(20)16-18-10-6-15-27-18)25-13-11-24(12-14-25)17-8-4-3-5-9-17/h3-5,8-9,18-19H,2,6-7,10-16H2,1H3/p+1/t18-,19+/m1/s1. The minimum atomic E-state index is 0.263. The van der Waals surface area contributed by atoms with Crippen LogP contribution in [0.2, 0.25) is 0 Å². The van der Waals surface area contributed by atoms with E-state index in [1.807, 2.05) is 4.68 Å². The fraction of sp³-hybridized carbons (Fsp3) is 0.650. The molecule has 0 radical (unpaired) electrons. The Hall–Kier alpha value is -1.99. The molecule has 2 saturated heterocycles. The van der Waals surface area contributed by atoms with E-state index >= 15 is 0 Å². The smallest absolute Gasteiger partial charge is 0.209 e. The highest BCUT2D eigenvalue weighted by molar-refractivity contribution is 5.46. The molecule has 3 heterocycles. The number of ether oxygens (including phenoxy) is 1. The lowest BCUT2D eigenvalue weighted by Crippen LogP contribution is -3.15. The number of piperazine rings is 1. The maximum atomic E-state index is 5.80. The van der Waals surface area contributed by atoms with Crippen LogP contribution in [0.5, 0.6) is 0 Å². The van der Waals surface area contributed by atoms with E-state index < -0.39 is 0 Å². The van der Waals surface area contributed by atoms with E-state index in [-0.39, 0.29) is 6.10 Å². The number of tetrazole rings is 1. The van der Waals surface area contributed by atoms with Gasteiger partial charge in [-0.3, -0.25) is 0 Å². The number of quaternary nitrogens is 1. The highest BCUT2D eigenvalue weighted by atomic mass is 16.5. The van der Waals surface area contributed by atoms with Crippen LogP contribution < -0.4 is 9.80 Å². The van der Waals surface area contributed by atoms with Gasteiger partial charge in [-0.1, -0.05) is 31.5 Å². The molecule has 27 heavy (non-hydrogen) atoms. The zero-order valence-corrected chi connectivity index (χ0v) is 16.3. The Morgan fingerprint density at radius 1 is 1.22 bits per heavy atom. The van der Waals surface area contributed by atoms with Crippen LogP contribution in [0.1, 0.15) is 44.5 Å². The van der Waals surface area contributed by atoms with Crippen molar-refractivity contribution in [1.82, 2.24) is 20.2 Å². The Bertz CT molecular complexity index is 692. The Labute approximate surface area is 161 Å². The van der Waals surface area contributed by atoms with Crippen molar-refractivity contribution in [3.8, 4) is 0 Å². The third-order valence-corrected chi connectivity index (χ3v) is 5.87. The molecular weight excluding hydrogens is 340 g/mol. The molecule has 1 aromatic heterocycles. The van der Waals surface area contributed by atoms with Crippen LogP contribution in [0.3, 0.4) is 0 Å². The van der Waals surface area contributed by atoms with E-state index in [2.05, 4.69) is 57.7 Å². The minimum absolute atomic E-state index is 0.263. The average Bonchev–Trinajstić information content (AvgIpc) is 3.40. The second-order valence-corrected chi connectivity index (χ2v) is 7.68. The van der Waals surface area contributed by atoms with Gasteiger partial charge in [-0.25, -0.2) is 4.68 Å². The van der Waals surface area contributed by atoms with Gasteiger partial charge in [-0.05, 0) is 35.4 Å². The molecule has 0 saturated carbocycles. The van der Waals surface area contributed by atoms with Gasteiger partial charge in [-0.15, -0.1) is 5.10 Å². The SMILES string of the molecule is CCC[C@@H](c1nnnn1C[C@H]1CCCO1)[NH+]1CCN(c2ccccc2)CC1. The average molecular weight is 372 g/mol. The maximum absolute atomic E-state index is 5.80. The summed E-state index contributed by atoms with van der Waals surface area (Å²) in [5.74, 6) is 1.04. The van der Waals surface area contributed by atoms with Crippen LogP contribution in [0, 0.1) is 0 Å². The Morgan fingerprint density at radius 2 is 2.04 bits per heavy atom. The van der Waals surface area contributed by atoms with Crippen molar-refractivity contribution in [3.63, 3.8) is 0 Å². The number of aromatic nitrogens is 4. The lowest BCUT2D eigenvalue weighted by Gasteiger charge is -2.37. The number of nitrogens with one attached hydrogen (secondary N) is 1. The molecule has 0 unspecified atom stereocenters. The van der Waals surface area contributed by atoms with Gasteiger partial charge in [0.15, 0.2) is 0 Å². The molecule has 2 aromatic rings. The summed E-state index contributed by atoms with van der Waals surface area (Å²) in [6, 6.07) is 11.1. The van der Waals surface area contributed by atoms with Crippen molar-refractivity contribution in [1.29, 1.82) is 0 Å². The van der Waals surface area contributed by atoms with Gasteiger partial charge in [0.25, 0.3) is 0 Å². The quantitative estimate of drug-likeness (QED) is 0.790. The second-order valence-electron chi connectivity index (χ2n) is 7.68. The molecule has 0 amide bonds. The first-order valence-electron chi connectivity index (χ1n) is 10.4. The third kappa shape index (κ3) is 4.30. The zero-order chi connectivity index (χ0) is 18.5. The molecule has 7 nitrogen and oxygen atoms in total. The molecule has 4 rings (SSSR count). The van der Waals surface area contributed by atoms with Crippen LogP contribution in [0.25, 0.3) is 0 Å². The number of hydrogen-bond donors (Lipinski definition) is 1. The van der Waals surface area contributed by atoms with Gasteiger partial charge in [0, 0.05) is 18.7 Å². The maximum Gasteiger partial charge on any atom is 0.209 e. The topological polar surface area (TPSA) is 60.5 Å². The monoisotopic (exact) mass is 371 g/mol. The summed E-state index contributed by atoms with van der Waals surface area (Å²) >= 11 is 0. The number of rotatable bonds is 7. The Morgan fingerprint density at radius 3 is 2.74 bits per heavy atom. The predicted octanol–water partition coefficient (Wildman–Crippen LogP) is 1.10. The van der Waals surface area contributed by atoms with E-state index in [1.165, 1.54) is 5.69 Å². The predicted molar refractivity (Wildman–Crippen MR) is 104 cm³/mol. The lowest BCUT2D eigenvalue weighted by atomic mass is 10.1. The highest BCUT2D eigenvalue weighted by Crippen LogP contribution is 2.18. The van der Waals surface area contributed by atoms with Gasteiger partial charge in [0.05, 0.1) is 38.8 Å². The van der Waals surface area contributed by atoms with Crippen molar-refractivity contribution < 1.29 is 9.64 Å². The molecular formula is C20H31N6O+. The molecule has 0 bridgehead atoms. The molecule has 1 N–H and O–H groups in total. The van der Waals surface area contributed by atoms with Crippen LogP contribution in [0.4, 0.5) is 5.69 Å². The summed E-state index contributed by atoms with van der Waals surface area (Å²) < 4.78 is 7.81. The number of hydrogen-bond acceptors (Lipinski definition) is 5. The number of para-hydroxylation sites is 1. The van der Waals surface area contributed by atoms with E-state index in [0.29, 0.717) is 6.04 Å². The van der Waals surface area contributed by atoms with Crippen molar-refractivity contribution >= 4 is 5.69 Å². The summed E-state index contributed by atoms with van der Waals surface area (Å²) in [5, 5.41) is 12.7. The van der Waals surface area contributed by atoms with Crippen molar-refractivity contribution in [2.45, 2.75) is 51.3 Å². The minimum Gasteiger partial charge on any atom is -0.376 e. The van der Waals surface area contributed by atoms with E-state index in [9.17, 15) is 0 Å². The summed E-state index contributed by atoms with van der Waals surface area (Å²) in [6.07, 6.45) is 4.78. The van der Waals surface area contributed by atoms with E-state index in [0.717, 1.165) is 70.8 Å². The summed E-state index contributed by atoms with van der Waals surface area (Å²) in [5.41, 5.74) is 1.33. The molecule has 0 aliphatic carbocycles. The summed E-state index contributed by atoms with van der Waals surface area (Å²) in [7, 11) is 0. The first-order valence-corrected chi connectivity index (χ1v) is 10.4. The zero-order valence-electron chi connectivity index (χ0n) is 16.3. The van der Waals surface area contributed by atoms with Crippen molar-refractivity contribution in [2.75, 3.05) is 37.7 Å². The van der Waals surface area contributed by atoms with Crippen molar-refractivity contribution in [3.05, 3.63) is 36.2 Å². The van der Waals surface area contributed by atoms with Gasteiger partial charge < -0.3 is 14.5 Å². The largest absolute Gasteiger partial charge is 0.376 e. The molecule has 146 valence electrons. The molecule has 0 spiro atoms. The number of benzene rings is 1. The van der Waals surface area contributed by atoms with Gasteiger partial charge in [0.1, 0.15) is 6.04 Å². The normalized spacial score (nSPS) is 22.3. The van der Waals surface area contributed by atoms with Gasteiger partial charge in [0.2, 0.25) is 5.82 Å². The van der Waals surface area contributed by atoms with Crippen LogP contribution in [0.15, 0.2) is 30.3 Å². The first-order chi connectivity index (χ1) is 13.3. The lowest BCUT2D eigenvalue weighted by molar-refractivity contribution is -0.933. The number of anilines is 1. The molecule has 2 atom stereocenters. The Balaban J connectivity index is 1.43. The number of nitrogens with zero attached hydrogens (tertiary/aromatic N) is 5. The Kier molecular flexibility index (Phi) is 5.99. The van der Waals surface area contributed by atoms with Crippen LogP contribution >= 0.6 is 0 Å². The fourth-order valence-corrected chi connectivity index (χ4v) is 4.42. The second kappa shape index (κ2) is 8.80. The molecule has 1 aromatic carbocycles. The van der Waals surface area contributed by atoms with Gasteiger partial charge in [-0.2, -0.15) is 0 Å². The van der Waals surface area contributed by atoms with E-state index in [1.54, 1.807) is 4.90 Å². The fourth-order valence-electron chi connectivity index (χ4n) is 4.42. The third-order valence-electron chi connectivity index (χ3n) is 5.87. The van der Waals surface area contributed by atoms with Gasteiger partial charge >= 0.3 is 0 Å². The molecule has 2 fully saturated rings. The summed E-state index contributed by atoms with van der Waals surface area (Å²) in [6.45, 7) is 8.29. The molecule has 2 aliphatic heterocycles. The highest BCUT2D eigenvalue weighted by Gasteiger charge is 2.33. The van der Waals surface area contributed by atoms with Crippen LogP contribution in [-0.4, -0.2) is 59.1 Å². The summed E-state index contributed by atoms with van der Waals surface area (Å²) in [4.78, 5) is 4.09. The van der Waals surface area contributed by atoms with Crippen molar-refractivity contribution in [2.24, 2.45) is 0 Å². The van der Waals surface area contributed by atoms with E-state index in [4.69, 9.17) is 4.74 Å². The first kappa shape index (κ1) is 18.4. The molecule has 2 aliphatic rings. The molecule has 7 heteroatoms. The van der Waals surface area contributed by atoms with Crippen LogP contribution in [-0.2, 0) is 11.3 Å².